The SMILES string of the molecule is CSc1ncncc1C(O)(c1ccc(F)cc1)C(C)C. The monoisotopic (exact) mass is 292 g/mol. The summed E-state index contributed by atoms with van der Waals surface area (Å²) in [7, 11) is 0. The van der Waals surface area contributed by atoms with Gasteiger partial charge in [0.15, 0.2) is 0 Å². The zero-order chi connectivity index (χ0) is 14.8. The zero-order valence-electron chi connectivity index (χ0n) is 11.7. The van der Waals surface area contributed by atoms with Gasteiger partial charge in [-0.1, -0.05) is 26.0 Å². The molecule has 0 bridgehead atoms. The van der Waals surface area contributed by atoms with Crippen molar-refractivity contribution >= 4 is 11.8 Å². The van der Waals surface area contributed by atoms with E-state index in [9.17, 15) is 9.50 Å². The Labute approximate surface area is 122 Å². The maximum absolute atomic E-state index is 13.1. The van der Waals surface area contributed by atoms with Crippen LogP contribution in [0.5, 0.6) is 0 Å². The molecule has 3 nitrogen and oxygen atoms in total. The van der Waals surface area contributed by atoms with Gasteiger partial charge in [0.05, 0.1) is 0 Å². The molecule has 1 aromatic carbocycles. The number of thioether (sulfide) groups is 1. The van der Waals surface area contributed by atoms with E-state index in [0.717, 1.165) is 5.03 Å². The van der Waals surface area contributed by atoms with Crippen molar-refractivity contribution in [3.05, 3.63) is 53.7 Å². The Morgan fingerprint density at radius 1 is 1.25 bits per heavy atom. The van der Waals surface area contributed by atoms with E-state index in [2.05, 4.69) is 9.97 Å². The van der Waals surface area contributed by atoms with Gasteiger partial charge in [-0.15, -0.1) is 11.8 Å². The van der Waals surface area contributed by atoms with Crippen LogP contribution in [0.15, 0.2) is 41.8 Å². The van der Waals surface area contributed by atoms with Gasteiger partial charge < -0.3 is 5.11 Å². The van der Waals surface area contributed by atoms with Gasteiger partial charge in [-0.25, -0.2) is 14.4 Å². The molecule has 1 heterocycles. The lowest BCUT2D eigenvalue weighted by molar-refractivity contribution is 0.0281. The van der Waals surface area contributed by atoms with Crippen LogP contribution < -0.4 is 0 Å². The first-order chi connectivity index (χ1) is 9.50. The summed E-state index contributed by atoms with van der Waals surface area (Å²) in [6.45, 7) is 3.83. The Bertz CT molecular complexity index is 589. The number of benzene rings is 1. The highest BCUT2D eigenvalue weighted by Gasteiger charge is 2.37. The molecule has 0 fully saturated rings. The molecule has 2 rings (SSSR count). The van der Waals surface area contributed by atoms with E-state index in [0.29, 0.717) is 11.1 Å². The summed E-state index contributed by atoms with van der Waals surface area (Å²) in [6.07, 6.45) is 4.99. The van der Waals surface area contributed by atoms with E-state index in [1.807, 2.05) is 20.1 Å². The van der Waals surface area contributed by atoms with Crippen molar-refractivity contribution in [3.8, 4) is 0 Å². The van der Waals surface area contributed by atoms with Crippen LogP contribution in [-0.2, 0) is 5.60 Å². The molecule has 0 saturated carbocycles. The second kappa shape index (κ2) is 5.89. The summed E-state index contributed by atoms with van der Waals surface area (Å²) in [4.78, 5) is 8.23. The Balaban J connectivity index is 2.63. The number of hydrogen-bond donors (Lipinski definition) is 1. The van der Waals surface area contributed by atoms with Gasteiger partial charge in [0.25, 0.3) is 0 Å². The van der Waals surface area contributed by atoms with Crippen molar-refractivity contribution in [2.24, 2.45) is 5.92 Å². The van der Waals surface area contributed by atoms with E-state index in [-0.39, 0.29) is 11.7 Å². The maximum Gasteiger partial charge on any atom is 0.123 e. The fourth-order valence-corrected chi connectivity index (χ4v) is 2.83. The van der Waals surface area contributed by atoms with E-state index in [1.54, 1.807) is 18.3 Å². The van der Waals surface area contributed by atoms with Crippen LogP contribution >= 0.6 is 11.8 Å². The number of halogens is 1. The van der Waals surface area contributed by atoms with Gasteiger partial charge in [-0.05, 0) is 29.9 Å². The first kappa shape index (κ1) is 14.9. The second-order valence-corrected chi connectivity index (χ2v) is 5.67. The maximum atomic E-state index is 13.1. The molecule has 0 spiro atoms. The number of hydrogen-bond acceptors (Lipinski definition) is 4. The van der Waals surface area contributed by atoms with Gasteiger partial charge in [0, 0.05) is 11.8 Å². The van der Waals surface area contributed by atoms with Crippen molar-refractivity contribution in [3.63, 3.8) is 0 Å². The summed E-state index contributed by atoms with van der Waals surface area (Å²) >= 11 is 1.45. The minimum Gasteiger partial charge on any atom is -0.380 e. The average molecular weight is 292 g/mol. The van der Waals surface area contributed by atoms with Gasteiger partial charge in [-0.2, -0.15) is 0 Å². The first-order valence-corrected chi connectivity index (χ1v) is 7.55. The standard InChI is InChI=1S/C15H17FN2OS/c1-10(2)15(19,11-4-6-12(16)7-5-11)13-8-17-9-18-14(13)20-3/h4-10,19H,1-3H3. The highest BCUT2D eigenvalue weighted by molar-refractivity contribution is 7.98. The number of aliphatic hydroxyl groups is 1. The molecular weight excluding hydrogens is 275 g/mol. The Morgan fingerprint density at radius 3 is 2.45 bits per heavy atom. The predicted octanol–water partition coefficient (Wildman–Crippen LogP) is 3.23. The van der Waals surface area contributed by atoms with Crippen molar-refractivity contribution in [2.75, 3.05) is 6.26 Å². The molecule has 0 saturated heterocycles. The van der Waals surface area contributed by atoms with Gasteiger partial charge in [0.2, 0.25) is 0 Å². The molecule has 20 heavy (non-hydrogen) atoms. The van der Waals surface area contributed by atoms with Crippen molar-refractivity contribution in [1.29, 1.82) is 0 Å². The van der Waals surface area contributed by atoms with E-state index in [4.69, 9.17) is 0 Å². The molecule has 0 radical (unpaired) electrons. The molecule has 0 aliphatic rings. The topological polar surface area (TPSA) is 46.0 Å². The van der Waals surface area contributed by atoms with Crippen LogP contribution in [0.4, 0.5) is 4.39 Å². The smallest absolute Gasteiger partial charge is 0.123 e. The van der Waals surface area contributed by atoms with Crippen LogP contribution in [0, 0.1) is 11.7 Å². The fourth-order valence-electron chi connectivity index (χ4n) is 2.25. The minimum absolute atomic E-state index is 0.107. The molecule has 5 heteroatoms. The molecule has 0 amide bonds. The van der Waals surface area contributed by atoms with E-state index >= 15 is 0 Å². The summed E-state index contributed by atoms with van der Waals surface area (Å²) in [5.74, 6) is -0.431. The van der Waals surface area contributed by atoms with Crippen LogP contribution in [0.25, 0.3) is 0 Å². The predicted molar refractivity (Wildman–Crippen MR) is 78.0 cm³/mol. The third-order valence-electron chi connectivity index (χ3n) is 3.40. The lowest BCUT2D eigenvalue weighted by Gasteiger charge is -2.33. The van der Waals surface area contributed by atoms with Gasteiger partial charge in [0.1, 0.15) is 22.8 Å². The lowest BCUT2D eigenvalue weighted by Crippen LogP contribution is -2.34. The zero-order valence-corrected chi connectivity index (χ0v) is 12.5. The highest BCUT2D eigenvalue weighted by atomic mass is 32.2. The van der Waals surface area contributed by atoms with Crippen LogP contribution in [-0.4, -0.2) is 21.3 Å². The second-order valence-electron chi connectivity index (χ2n) is 4.87. The largest absolute Gasteiger partial charge is 0.380 e. The van der Waals surface area contributed by atoms with Gasteiger partial charge in [-0.3, -0.25) is 0 Å². The molecule has 1 N–H and O–H groups in total. The molecular formula is C15H17FN2OS. The minimum atomic E-state index is -1.24. The fraction of sp³-hybridized carbons (Fsp3) is 0.333. The Hall–Kier alpha value is -1.46. The quantitative estimate of drug-likeness (QED) is 0.694. The summed E-state index contributed by atoms with van der Waals surface area (Å²) in [5, 5.41) is 11.9. The third-order valence-corrected chi connectivity index (χ3v) is 4.11. The molecule has 1 atom stereocenters. The molecule has 0 aliphatic heterocycles. The Kier molecular flexibility index (Phi) is 4.40. The molecule has 0 aliphatic carbocycles. The van der Waals surface area contributed by atoms with E-state index in [1.165, 1.54) is 30.2 Å². The van der Waals surface area contributed by atoms with Crippen molar-refractivity contribution < 1.29 is 9.50 Å². The van der Waals surface area contributed by atoms with E-state index < -0.39 is 5.60 Å². The third kappa shape index (κ3) is 2.55. The number of nitrogens with zero attached hydrogens (tertiary/aromatic N) is 2. The summed E-state index contributed by atoms with van der Waals surface area (Å²) in [5.41, 5.74) is 0.0425. The highest BCUT2D eigenvalue weighted by Crippen LogP contribution is 2.39. The first-order valence-electron chi connectivity index (χ1n) is 6.33. The normalized spacial score (nSPS) is 14.3. The number of rotatable bonds is 4. The van der Waals surface area contributed by atoms with Crippen LogP contribution in [0.1, 0.15) is 25.0 Å². The van der Waals surface area contributed by atoms with Crippen LogP contribution in [0.2, 0.25) is 0 Å². The lowest BCUT2D eigenvalue weighted by atomic mass is 9.79. The molecule has 1 aromatic heterocycles. The van der Waals surface area contributed by atoms with Gasteiger partial charge >= 0.3 is 0 Å². The number of aromatic nitrogens is 2. The molecule has 1 unspecified atom stereocenters. The molecule has 106 valence electrons. The Morgan fingerprint density at radius 2 is 1.90 bits per heavy atom. The average Bonchev–Trinajstić information content (AvgIpc) is 2.47. The van der Waals surface area contributed by atoms with Crippen molar-refractivity contribution in [1.82, 2.24) is 9.97 Å². The molecule has 2 aromatic rings. The van der Waals surface area contributed by atoms with Crippen molar-refractivity contribution in [2.45, 2.75) is 24.5 Å². The summed E-state index contributed by atoms with van der Waals surface area (Å²) < 4.78 is 13.1. The van der Waals surface area contributed by atoms with Crippen LogP contribution in [0.3, 0.4) is 0 Å². The summed E-state index contributed by atoms with van der Waals surface area (Å²) in [6, 6.07) is 5.91.